The third-order valence-electron chi connectivity index (χ3n) is 1.58. The maximum atomic E-state index is 5.83. The SMILES string of the molecule is Clc1cc(Cl)cc(-n2[c]cnc2)c1. The highest BCUT2D eigenvalue weighted by Gasteiger charge is 1.99. The average Bonchev–Trinajstić information content (AvgIpc) is 2.53. The van der Waals surface area contributed by atoms with E-state index in [9.17, 15) is 0 Å². The Morgan fingerprint density at radius 3 is 2.38 bits per heavy atom. The number of halogens is 2. The van der Waals surface area contributed by atoms with E-state index in [2.05, 4.69) is 11.2 Å². The van der Waals surface area contributed by atoms with E-state index in [1.54, 1.807) is 35.3 Å². The molecule has 0 aliphatic heterocycles. The fraction of sp³-hybridized carbons (Fsp3) is 0. The standard InChI is InChI=1S/C9H5Cl2N2/c10-7-3-8(11)5-9(4-7)13-2-1-12-6-13/h1,3-6H. The maximum absolute atomic E-state index is 5.83. The van der Waals surface area contributed by atoms with Crippen molar-refractivity contribution in [1.29, 1.82) is 0 Å². The number of hydrogen-bond acceptors (Lipinski definition) is 1. The minimum atomic E-state index is 0.601. The molecular weight excluding hydrogens is 207 g/mol. The Bertz CT molecular complexity index is 389. The Morgan fingerprint density at radius 1 is 1.15 bits per heavy atom. The molecule has 0 atom stereocenters. The van der Waals surface area contributed by atoms with E-state index in [0.29, 0.717) is 10.0 Å². The molecule has 2 rings (SSSR count). The van der Waals surface area contributed by atoms with Crippen molar-refractivity contribution in [3.8, 4) is 5.69 Å². The van der Waals surface area contributed by atoms with Crippen molar-refractivity contribution in [2.45, 2.75) is 0 Å². The Hall–Kier alpha value is -0.990. The first-order valence-electron chi connectivity index (χ1n) is 3.62. The van der Waals surface area contributed by atoms with E-state index in [-0.39, 0.29) is 0 Å². The summed E-state index contributed by atoms with van der Waals surface area (Å²) in [6.45, 7) is 0. The van der Waals surface area contributed by atoms with Gasteiger partial charge in [-0.05, 0) is 18.2 Å². The van der Waals surface area contributed by atoms with E-state index in [1.807, 2.05) is 0 Å². The van der Waals surface area contributed by atoms with Gasteiger partial charge in [-0.15, -0.1) is 0 Å². The van der Waals surface area contributed by atoms with Crippen LogP contribution in [0.1, 0.15) is 0 Å². The van der Waals surface area contributed by atoms with Crippen molar-refractivity contribution in [1.82, 2.24) is 9.55 Å². The lowest BCUT2D eigenvalue weighted by molar-refractivity contribution is 1.05. The fourth-order valence-electron chi connectivity index (χ4n) is 1.05. The number of rotatable bonds is 1. The molecule has 0 spiro atoms. The number of benzene rings is 1. The highest BCUT2D eigenvalue weighted by molar-refractivity contribution is 6.34. The minimum absolute atomic E-state index is 0.601. The first-order valence-corrected chi connectivity index (χ1v) is 4.38. The van der Waals surface area contributed by atoms with Crippen LogP contribution in [0.15, 0.2) is 30.7 Å². The zero-order valence-electron chi connectivity index (χ0n) is 6.54. The van der Waals surface area contributed by atoms with Crippen molar-refractivity contribution < 1.29 is 0 Å². The van der Waals surface area contributed by atoms with Crippen molar-refractivity contribution in [3.05, 3.63) is 47.0 Å². The van der Waals surface area contributed by atoms with Crippen molar-refractivity contribution in [2.24, 2.45) is 0 Å². The van der Waals surface area contributed by atoms with Gasteiger partial charge in [-0.1, -0.05) is 23.2 Å². The Kier molecular flexibility index (Phi) is 2.25. The van der Waals surface area contributed by atoms with Gasteiger partial charge in [0.05, 0.1) is 24.4 Å². The number of imidazole rings is 1. The van der Waals surface area contributed by atoms with Gasteiger partial charge in [-0.2, -0.15) is 0 Å². The first-order chi connectivity index (χ1) is 6.25. The zero-order chi connectivity index (χ0) is 9.26. The average molecular weight is 212 g/mol. The lowest BCUT2D eigenvalue weighted by atomic mass is 10.3. The zero-order valence-corrected chi connectivity index (χ0v) is 8.05. The van der Waals surface area contributed by atoms with Crippen LogP contribution in [-0.4, -0.2) is 9.55 Å². The fourth-order valence-corrected chi connectivity index (χ4v) is 1.56. The van der Waals surface area contributed by atoms with Crippen LogP contribution >= 0.6 is 23.2 Å². The third kappa shape index (κ3) is 1.85. The normalized spacial score (nSPS) is 10.3. The summed E-state index contributed by atoms with van der Waals surface area (Å²) in [5.41, 5.74) is 0.856. The topological polar surface area (TPSA) is 17.8 Å². The van der Waals surface area contributed by atoms with Crippen LogP contribution in [0.4, 0.5) is 0 Å². The van der Waals surface area contributed by atoms with Gasteiger partial charge in [0.1, 0.15) is 0 Å². The molecule has 1 aromatic heterocycles. The Labute approximate surface area is 85.7 Å². The molecule has 2 aromatic rings. The second-order valence-corrected chi connectivity index (χ2v) is 3.39. The summed E-state index contributed by atoms with van der Waals surface area (Å²) >= 11 is 11.7. The van der Waals surface area contributed by atoms with Crippen LogP contribution in [-0.2, 0) is 0 Å². The van der Waals surface area contributed by atoms with Gasteiger partial charge in [0, 0.05) is 10.0 Å². The lowest BCUT2D eigenvalue weighted by Gasteiger charge is -2.02. The molecule has 0 bridgehead atoms. The van der Waals surface area contributed by atoms with Gasteiger partial charge in [-0.25, -0.2) is 4.98 Å². The number of hydrogen-bond donors (Lipinski definition) is 0. The molecule has 4 heteroatoms. The third-order valence-corrected chi connectivity index (χ3v) is 2.02. The van der Waals surface area contributed by atoms with Crippen LogP contribution < -0.4 is 0 Å². The van der Waals surface area contributed by atoms with E-state index in [4.69, 9.17) is 23.2 Å². The molecule has 0 N–H and O–H groups in total. The molecule has 0 unspecified atom stereocenters. The smallest absolute Gasteiger partial charge is 0.0997 e. The minimum Gasteiger partial charge on any atom is -0.297 e. The van der Waals surface area contributed by atoms with Gasteiger partial charge in [0.15, 0.2) is 0 Å². The van der Waals surface area contributed by atoms with Crippen molar-refractivity contribution >= 4 is 23.2 Å². The predicted octanol–water partition coefficient (Wildman–Crippen LogP) is 2.98. The molecule has 0 amide bonds. The summed E-state index contributed by atoms with van der Waals surface area (Å²) in [4.78, 5) is 3.88. The molecule has 1 aromatic carbocycles. The highest BCUT2D eigenvalue weighted by Crippen LogP contribution is 2.21. The summed E-state index contributed by atoms with van der Waals surface area (Å²) in [6.07, 6.45) is 6.12. The molecule has 0 saturated carbocycles. The molecule has 0 aliphatic rings. The maximum Gasteiger partial charge on any atom is 0.0997 e. The molecular formula is C9H5Cl2N2. The summed E-state index contributed by atoms with van der Waals surface area (Å²) in [6, 6.07) is 5.28. The summed E-state index contributed by atoms with van der Waals surface area (Å²) in [7, 11) is 0. The summed E-state index contributed by atoms with van der Waals surface area (Å²) < 4.78 is 1.72. The van der Waals surface area contributed by atoms with E-state index < -0.39 is 0 Å². The quantitative estimate of drug-likeness (QED) is 0.710. The van der Waals surface area contributed by atoms with Crippen LogP contribution in [0.25, 0.3) is 5.69 Å². The van der Waals surface area contributed by atoms with E-state index >= 15 is 0 Å². The molecule has 2 nitrogen and oxygen atoms in total. The second-order valence-electron chi connectivity index (χ2n) is 2.52. The lowest BCUT2D eigenvalue weighted by Crippen LogP contribution is -1.89. The van der Waals surface area contributed by atoms with Gasteiger partial charge >= 0.3 is 0 Å². The van der Waals surface area contributed by atoms with Gasteiger partial charge < -0.3 is 0 Å². The number of nitrogens with zero attached hydrogens (tertiary/aromatic N) is 2. The van der Waals surface area contributed by atoms with Crippen LogP contribution in [0.2, 0.25) is 10.0 Å². The van der Waals surface area contributed by atoms with E-state index in [1.165, 1.54) is 0 Å². The Morgan fingerprint density at radius 2 is 1.85 bits per heavy atom. The predicted molar refractivity (Wildman–Crippen MR) is 52.4 cm³/mol. The molecule has 65 valence electrons. The molecule has 0 aliphatic carbocycles. The van der Waals surface area contributed by atoms with E-state index in [0.717, 1.165) is 5.69 Å². The highest BCUT2D eigenvalue weighted by atomic mass is 35.5. The van der Waals surface area contributed by atoms with Crippen molar-refractivity contribution in [2.75, 3.05) is 0 Å². The first kappa shape index (κ1) is 8.60. The van der Waals surface area contributed by atoms with Crippen LogP contribution in [0.5, 0.6) is 0 Å². The molecule has 1 heterocycles. The Balaban J connectivity index is 2.53. The second kappa shape index (κ2) is 3.40. The summed E-state index contributed by atoms with van der Waals surface area (Å²) in [5.74, 6) is 0. The molecule has 13 heavy (non-hydrogen) atoms. The van der Waals surface area contributed by atoms with Gasteiger partial charge in [0.2, 0.25) is 0 Å². The molecule has 0 fully saturated rings. The van der Waals surface area contributed by atoms with Gasteiger partial charge in [-0.3, -0.25) is 4.57 Å². The van der Waals surface area contributed by atoms with Gasteiger partial charge in [0.25, 0.3) is 0 Å². The van der Waals surface area contributed by atoms with Crippen LogP contribution in [0, 0.1) is 6.20 Å². The molecule has 1 radical (unpaired) electrons. The largest absolute Gasteiger partial charge is 0.297 e. The number of aromatic nitrogens is 2. The van der Waals surface area contributed by atoms with Crippen molar-refractivity contribution in [3.63, 3.8) is 0 Å². The summed E-state index contributed by atoms with van der Waals surface area (Å²) in [5, 5.41) is 1.20. The van der Waals surface area contributed by atoms with Crippen LogP contribution in [0.3, 0.4) is 0 Å². The monoisotopic (exact) mass is 211 g/mol. The molecule has 0 saturated heterocycles.